The number of nitrogens with one attached hydrogen (secondary N) is 1. The van der Waals surface area contributed by atoms with Gasteiger partial charge in [0.15, 0.2) is 11.5 Å². The summed E-state index contributed by atoms with van der Waals surface area (Å²) in [7, 11) is 1.54. The Morgan fingerprint density at radius 3 is 2.83 bits per heavy atom. The Labute approximate surface area is 109 Å². The molecule has 0 amide bonds. The third kappa shape index (κ3) is 2.50. The fraction of sp³-hybridized carbons (Fsp3) is 0.0833. The average molecular weight is 261 g/mol. The Morgan fingerprint density at radius 1 is 1.33 bits per heavy atom. The van der Waals surface area contributed by atoms with Gasteiger partial charge < -0.3 is 10.1 Å². The van der Waals surface area contributed by atoms with Crippen LogP contribution in [0.2, 0.25) is 5.02 Å². The van der Waals surface area contributed by atoms with Gasteiger partial charge in [-0.15, -0.1) is 0 Å². The van der Waals surface area contributed by atoms with Gasteiger partial charge in [0.25, 0.3) is 0 Å². The summed E-state index contributed by atoms with van der Waals surface area (Å²) in [6, 6.07) is 7.15. The molecular weight excluding hydrogens is 252 g/mol. The maximum atomic E-state index is 8.90. The zero-order chi connectivity index (χ0) is 13.0. The molecule has 0 atom stereocenters. The molecule has 0 saturated carbocycles. The van der Waals surface area contributed by atoms with Gasteiger partial charge in [0.2, 0.25) is 0 Å². The molecule has 18 heavy (non-hydrogen) atoms. The van der Waals surface area contributed by atoms with Crippen molar-refractivity contribution in [2.75, 3.05) is 12.4 Å². The van der Waals surface area contributed by atoms with E-state index in [0.717, 1.165) is 0 Å². The van der Waals surface area contributed by atoms with Crippen LogP contribution in [-0.2, 0) is 0 Å². The van der Waals surface area contributed by atoms with Crippen molar-refractivity contribution in [1.29, 1.82) is 5.26 Å². The van der Waals surface area contributed by atoms with Crippen LogP contribution in [0.5, 0.6) is 5.75 Å². The predicted octanol–water partition coefficient (Wildman–Crippen LogP) is 2.75. The van der Waals surface area contributed by atoms with Crippen molar-refractivity contribution in [3.8, 4) is 11.8 Å². The molecule has 0 bridgehead atoms. The molecule has 0 spiro atoms. The van der Waals surface area contributed by atoms with E-state index in [1.807, 2.05) is 6.07 Å². The Balaban J connectivity index is 2.32. The van der Waals surface area contributed by atoms with Crippen LogP contribution in [0.25, 0.3) is 0 Å². The highest BCUT2D eigenvalue weighted by Crippen LogP contribution is 2.28. The molecule has 0 fully saturated rings. The molecule has 6 heteroatoms. The molecule has 1 N–H and O–H groups in total. The summed E-state index contributed by atoms with van der Waals surface area (Å²) in [5.74, 6) is 0.938. The Kier molecular flexibility index (Phi) is 3.60. The molecule has 90 valence electrons. The highest BCUT2D eigenvalue weighted by atomic mass is 35.5. The number of halogens is 1. The fourth-order valence-corrected chi connectivity index (χ4v) is 1.58. The normalized spacial score (nSPS) is 9.61. The van der Waals surface area contributed by atoms with Gasteiger partial charge in [-0.1, -0.05) is 11.6 Å². The van der Waals surface area contributed by atoms with Gasteiger partial charge in [0, 0.05) is 24.1 Å². The second-order valence-corrected chi connectivity index (χ2v) is 3.75. The first kappa shape index (κ1) is 12.1. The van der Waals surface area contributed by atoms with E-state index in [1.54, 1.807) is 18.2 Å². The Bertz CT molecular complexity index is 609. The number of benzene rings is 1. The lowest BCUT2D eigenvalue weighted by Gasteiger charge is -2.09. The zero-order valence-electron chi connectivity index (χ0n) is 9.51. The monoisotopic (exact) mass is 260 g/mol. The second-order valence-electron chi connectivity index (χ2n) is 3.34. The van der Waals surface area contributed by atoms with E-state index in [0.29, 0.717) is 22.3 Å². The van der Waals surface area contributed by atoms with Crippen molar-refractivity contribution in [1.82, 2.24) is 9.97 Å². The topological polar surface area (TPSA) is 70.8 Å². The molecule has 0 saturated heterocycles. The van der Waals surface area contributed by atoms with E-state index in [2.05, 4.69) is 15.3 Å². The van der Waals surface area contributed by atoms with E-state index in [-0.39, 0.29) is 5.69 Å². The number of aromatic nitrogens is 2. The largest absolute Gasteiger partial charge is 0.495 e. The molecule has 0 aliphatic rings. The summed E-state index contributed by atoms with van der Waals surface area (Å²) in [5.41, 5.74) is 0.944. The second kappa shape index (κ2) is 5.34. The van der Waals surface area contributed by atoms with Crippen molar-refractivity contribution < 1.29 is 4.74 Å². The molecule has 5 nitrogen and oxygen atoms in total. The van der Waals surface area contributed by atoms with Crippen LogP contribution in [0.4, 0.5) is 11.5 Å². The predicted molar refractivity (Wildman–Crippen MR) is 68.0 cm³/mol. The number of nitriles is 1. The quantitative estimate of drug-likeness (QED) is 0.919. The molecule has 1 heterocycles. The molecule has 1 aromatic carbocycles. The number of ether oxygens (including phenoxy) is 1. The van der Waals surface area contributed by atoms with Crippen molar-refractivity contribution in [2.45, 2.75) is 0 Å². The summed E-state index contributed by atoms with van der Waals surface area (Å²) >= 11 is 5.92. The molecule has 2 aromatic rings. The summed E-state index contributed by atoms with van der Waals surface area (Å²) in [5, 5.41) is 12.4. The first-order chi connectivity index (χ1) is 8.74. The summed E-state index contributed by atoms with van der Waals surface area (Å²) in [6.07, 6.45) is 2.97. The smallest absolute Gasteiger partial charge is 0.183 e. The van der Waals surface area contributed by atoms with Crippen molar-refractivity contribution in [3.05, 3.63) is 41.3 Å². The Hall–Kier alpha value is -2.32. The van der Waals surface area contributed by atoms with E-state index in [4.69, 9.17) is 21.6 Å². The van der Waals surface area contributed by atoms with Crippen LogP contribution in [-0.4, -0.2) is 17.1 Å². The zero-order valence-corrected chi connectivity index (χ0v) is 10.3. The summed E-state index contributed by atoms with van der Waals surface area (Å²) < 4.78 is 5.11. The van der Waals surface area contributed by atoms with Gasteiger partial charge in [0.1, 0.15) is 11.8 Å². The van der Waals surface area contributed by atoms with Crippen LogP contribution < -0.4 is 10.1 Å². The minimum absolute atomic E-state index is 0.228. The van der Waals surface area contributed by atoms with E-state index >= 15 is 0 Å². The van der Waals surface area contributed by atoms with Crippen LogP contribution in [0.1, 0.15) is 5.69 Å². The molecule has 2 rings (SSSR count). The van der Waals surface area contributed by atoms with Gasteiger partial charge >= 0.3 is 0 Å². The lowest BCUT2D eigenvalue weighted by atomic mass is 10.3. The lowest BCUT2D eigenvalue weighted by Crippen LogP contribution is -1.98. The average Bonchev–Trinajstić information content (AvgIpc) is 2.41. The number of nitrogens with zero attached hydrogens (tertiary/aromatic N) is 3. The number of rotatable bonds is 3. The highest BCUT2D eigenvalue weighted by molar-refractivity contribution is 6.32. The first-order valence-corrected chi connectivity index (χ1v) is 5.44. The molecule has 0 radical (unpaired) electrons. The van der Waals surface area contributed by atoms with E-state index in [1.165, 1.54) is 19.5 Å². The Morgan fingerprint density at radius 2 is 2.11 bits per heavy atom. The number of hydrogen-bond donors (Lipinski definition) is 1. The van der Waals surface area contributed by atoms with Gasteiger partial charge in [0.05, 0.1) is 12.1 Å². The maximum Gasteiger partial charge on any atom is 0.183 e. The molecular formula is C12H9ClN4O. The minimum Gasteiger partial charge on any atom is -0.495 e. The van der Waals surface area contributed by atoms with Gasteiger partial charge in [-0.05, 0) is 12.1 Å². The van der Waals surface area contributed by atoms with Crippen molar-refractivity contribution in [2.24, 2.45) is 0 Å². The summed E-state index contributed by atoms with van der Waals surface area (Å²) in [4.78, 5) is 7.96. The standard InChI is InChI=1S/C12H9ClN4O/c1-18-11-6-8(2-3-9(11)13)17-12-10(7-14)15-4-5-16-12/h2-6H,1H3,(H,16,17). The fourth-order valence-electron chi connectivity index (χ4n) is 1.39. The van der Waals surface area contributed by atoms with Gasteiger partial charge in [-0.2, -0.15) is 5.26 Å². The molecule has 0 unspecified atom stereocenters. The van der Waals surface area contributed by atoms with Crippen LogP contribution in [0.15, 0.2) is 30.6 Å². The number of anilines is 2. The third-order valence-electron chi connectivity index (χ3n) is 2.22. The van der Waals surface area contributed by atoms with Crippen LogP contribution in [0.3, 0.4) is 0 Å². The lowest BCUT2D eigenvalue weighted by molar-refractivity contribution is 0.415. The number of methoxy groups -OCH3 is 1. The van der Waals surface area contributed by atoms with Gasteiger partial charge in [-0.25, -0.2) is 9.97 Å². The van der Waals surface area contributed by atoms with Crippen molar-refractivity contribution in [3.63, 3.8) is 0 Å². The van der Waals surface area contributed by atoms with E-state index in [9.17, 15) is 0 Å². The number of hydrogen-bond acceptors (Lipinski definition) is 5. The highest BCUT2D eigenvalue weighted by Gasteiger charge is 2.06. The summed E-state index contributed by atoms with van der Waals surface area (Å²) in [6.45, 7) is 0. The molecule has 1 aromatic heterocycles. The van der Waals surface area contributed by atoms with Gasteiger partial charge in [-0.3, -0.25) is 0 Å². The van der Waals surface area contributed by atoms with Crippen molar-refractivity contribution >= 4 is 23.1 Å². The molecule has 0 aliphatic heterocycles. The minimum atomic E-state index is 0.228. The van der Waals surface area contributed by atoms with Crippen LogP contribution >= 0.6 is 11.6 Å². The van der Waals surface area contributed by atoms with E-state index < -0.39 is 0 Å². The maximum absolute atomic E-state index is 8.90. The SMILES string of the molecule is COc1cc(Nc2nccnc2C#N)ccc1Cl. The first-order valence-electron chi connectivity index (χ1n) is 5.06. The third-order valence-corrected chi connectivity index (χ3v) is 2.53. The molecule has 0 aliphatic carbocycles. The van der Waals surface area contributed by atoms with Crippen LogP contribution in [0, 0.1) is 11.3 Å².